The van der Waals surface area contributed by atoms with Crippen LogP contribution in [0.3, 0.4) is 0 Å². The van der Waals surface area contributed by atoms with E-state index in [2.05, 4.69) is 0 Å². The van der Waals surface area contributed by atoms with Crippen molar-refractivity contribution < 1.29 is 33.7 Å². The van der Waals surface area contributed by atoms with Crippen LogP contribution in [0.15, 0.2) is 29.5 Å². The number of hydrogen-bond donors (Lipinski definition) is 1. The number of carbonyl (C=O) groups is 3. The van der Waals surface area contributed by atoms with E-state index in [1.165, 1.54) is 28.1 Å². The number of rotatable bonds is 6. The summed E-state index contributed by atoms with van der Waals surface area (Å²) < 4.78 is 15.1. The molecule has 1 aliphatic heterocycles. The molecule has 0 fully saturated rings. The first-order valence-electron chi connectivity index (χ1n) is 7.78. The molecule has 1 N–H and O–H groups in total. The molecular weight excluding hydrogens is 342 g/mol. The summed E-state index contributed by atoms with van der Waals surface area (Å²) in [4.78, 5) is 37.8. The van der Waals surface area contributed by atoms with Gasteiger partial charge < -0.3 is 24.2 Å². The van der Waals surface area contributed by atoms with E-state index in [4.69, 9.17) is 14.2 Å². The molecule has 8 heteroatoms. The van der Waals surface area contributed by atoms with Crippen LogP contribution < -0.4 is 9.47 Å². The van der Waals surface area contributed by atoms with Gasteiger partial charge in [-0.2, -0.15) is 0 Å². The molecule has 8 nitrogen and oxygen atoms in total. The highest BCUT2D eigenvalue weighted by atomic mass is 16.5. The molecule has 1 heterocycles. The van der Waals surface area contributed by atoms with E-state index in [-0.39, 0.29) is 17.8 Å². The number of hydrogen-bond acceptors (Lipinski definition) is 6. The van der Waals surface area contributed by atoms with Crippen molar-refractivity contribution >= 4 is 17.8 Å². The van der Waals surface area contributed by atoms with Crippen molar-refractivity contribution in [3.8, 4) is 11.5 Å². The second-order valence-electron chi connectivity index (χ2n) is 6.23. The van der Waals surface area contributed by atoms with Crippen LogP contribution in [-0.2, 0) is 25.7 Å². The zero-order chi connectivity index (χ0) is 19.6. The average Bonchev–Trinajstić information content (AvgIpc) is 2.81. The maximum atomic E-state index is 12.8. The number of carboxylic acids is 1. The second-order valence-corrected chi connectivity index (χ2v) is 6.23. The van der Waals surface area contributed by atoms with Crippen molar-refractivity contribution in [3.63, 3.8) is 0 Å². The van der Waals surface area contributed by atoms with Gasteiger partial charge in [-0.3, -0.25) is 4.79 Å². The number of esters is 1. The first kappa shape index (κ1) is 19.3. The van der Waals surface area contributed by atoms with Gasteiger partial charge in [0.05, 0.1) is 38.9 Å². The highest BCUT2D eigenvalue weighted by Crippen LogP contribution is 2.41. The molecule has 0 bridgehead atoms. The molecule has 0 saturated heterocycles. The molecule has 0 spiro atoms. The summed E-state index contributed by atoms with van der Waals surface area (Å²) in [5.74, 6) is -1.73. The lowest BCUT2D eigenvalue weighted by atomic mass is 9.85. The highest BCUT2D eigenvalue weighted by molar-refractivity contribution is 6.11. The molecule has 1 amide bonds. The first-order valence-corrected chi connectivity index (χ1v) is 7.78. The second kappa shape index (κ2) is 7.07. The van der Waals surface area contributed by atoms with Crippen molar-refractivity contribution in [1.29, 1.82) is 0 Å². The minimum absolute atomic E-state index is 0.0101. The lowest BCUT2D eigenvalue weighted by Gasteiger charge is -2.22. The Morgan fingerprint density at radius 2 is 1.73 bits per heavy atom. The maximum Gasteiger partial charge on any atom is 0.355 e. The Morgan fingerprint density at radius 3 is 2.23 bits per heavy atom. The number of carbonyl (C=O) groups excluding carboxylic acids is 2. The molecule has 2 rings (SSSR count). The Hall–Kier alpha value is -3.03. The van der Waals surface area contributed by atoms with Crippen LogP contribution in [0.2, 0.25) is 0 Å². The van der Waals surface area contributed by atoms with Gasteiger partial charge in [0.25, 0.3) is 0 Å². The van der Waals surface area contributed by atoms with Crippen LogP contribution in [-0.4, -0.2) is 49.2 Å². The first-order chi connectivity index (χ1) is 12.2. The van der Waals surface area contributed by atoms with E-state index in [9.17, 15) is 19.5 Å². The number of aliphatic carboxylic acids is 1. The van der Waals surface area contributed by atoms with Crippen molar-refractivity contribution in [1.82, 2.24) is 4.90 Å². The number of benzene rings is 1. The zero-order valence-electron chi connectivity index (χ0n) is 15.3. The summed E-state index contributed by atoms with van der Waals surface area (Å²) >= 11 is 0. The molecule has 140 valence electrons. The largest absolute Gasteiger partial charge is 0.493 e. The van der Waals surface area contributed by atoms with E-state index < -0.39 is 23.3 Å². The third-order valence-electron chi connectivity index (χ3n) is 4.29. The number of nitrogens with zero attached hydrogens (tertiary/aromatic N) is 1. The van der Waals surface area contributed by atoms with Crippen molar-refractivity contribution in [2.75, 3.05) is 21.3 Å². The van der Waals surface area contributed by atoms with Crippen molar-refractivity contribution in [3.05, 3.63) is 35.0 Å². The van der Waals surface area contributed by atoms with Gasteiger partial charge in [0.1, 0.15) is 5.70 Å². The van der Waals surface area contributed by atoms with Crippen molar-refractivity contribution in [2.24, 2.45) is 5.41 Å². The van der Waals surface area contributed by atoms with Gasteiger partial charge in [0.2, 0.25) is 5.91 Å². The molecule has 1 aromatic carbocycles. The minimum atomic E-state index is -1.36. The zero-order valence-corrected chi connectivity index (χ0v) is 15.3. The topological polar surface area (TPSA) is 102 Å². The lowest BCUT2D eigenvalue weighted by molar-refractivity contribution is -0.142. The van der Waals surface area contributed by atoms with Crippen LogP contribution in [0, 0.1) is 5.41 Å². The van der Waals surface area contributed by atoms with Gasteiger partial charge in [0, 0.05) is 0 Å². The molecule has 0 saturated carbocycles. The Kier molecular flexibility index (Phi) is 5.25. The van der Waals surface area contributed by atoms with E-state index in [1.807, 2.05) is 0 Å². The molecule has 0 aliphatic carbocycles. The quantitative estimate of drug-likeness (QED) is 0.766. The van der Waals surface area contributed by atoms with Crippen molar-refractivity contribution in [2.45, 2.75) is 20.4 Å². The number of amides is 1. The fraction of sp³-hybridized carbons (Fsp3) is 0.389. The molecule has 0 radical (unpaired) electrons. The maximum absolute atomic E-state index is 12.8. The van der Waals surface area contributed by atoms with Crippen LogP contribution in [0.4, 0.5) is 0 Å². The molecule has 0 unspecified atom stereocenters. The lowest BCUT2D eigenvalue weighted by Crippen LogP contribution is -2.34. The number of ether oxygens (including phenoxy) is 3. The third kappa shape index (κ3) is 3.10. The van der Waals surface area contributed by atoms with Gasteiger partial charge >= 0.3 is 11.9 Å². The van der Waals surface area contributed by atoms with Crippen LogP contribution >= 0.6 is 0 Å². The van der Waals surface area contributed by atoms with Gasteiger partial charge in [0.15, 0.2) is 11.5 Å². The van der Waals surface area contributed by atoms with Crippen LogP contribution in [0.5, 0.6) is 11.5 Å². The smallest absolute Gasteiger partial charge is 0.355 e. The van der Waals surface area contributed by atoms with Gasteiger partial charge in [-0.15, -0.1) is 0 Å². The summed E-state index contributed by atoms with van der Waals surface area (Å²) in [5.41, 5.74) is -1.26. The molecule has 26 heavy (non-hydrogen) atoms. The SMILES string of the molecule is COC(=O)C1=C(C(=O)O)C(C)(C)C(=O)N1Cc1ccc(OC)c(OC)c1. The predicted molar refractivity (Wildman–Crippen MR) is 90.6 cm³/mol. The van der Waals surface area contributed by atoms with E-state index in [0.29, 0.717) is 17.1 Å². The molecule has 1 aliphatic rings. The highest BCUT2D eigenvalue weighted by Gasteiger charge is 2.51. The number of methoxy groups -OCH3 is 3. The van der Waals surface area contributed by atoms with Gasteiger partial charge in [-0.25, -0.2) is 9.59 Å². The Labute approximate surface area is 150 Å². The number of carboxylic acid groups (broad SMARTS) is 1. The summed E-state index contributed by atoms with van der Waals surface area (Å²) in [6.07, 6.45) is 0. The fourth-order valence-corrected chi connectivity index (χ4v) is 2.97. The Balaban J connectivity index is 2.52. The summed E-state index contributed by atoms with van der Waals surface area (Å²) in [6.45, 7) is 2.93. The standard InChI is InChI=1S/C18H21NO7/c1-18(2)13(15(20)21)14(16(22)26-5)19(17(18)23)9-10-6-7-11(24-3)12(8-10)25-4/h6-8H,9H2,1-5H3,(H,20,21). The third-order valence-corrected chi connectivity index (χ3v) is 4.29. The van der Waals surface area contributed by atoms with Crippen LogP contribution in [0.25, 0.3) is 0 Å². The molecule has 0 atom stereocenters. The van der Waals surface area contributed by atoms with E-state index >= 15 is 0 Å². The Morgan fingerprint density at radius 1 is 1.12 bits per heavy atom. The summed E-state index contributed by atoms with van der Waals surface area (Å²) in [6, 6.07) is 5.03. The average molecular weight is 363 g/mol. The summed E-state index contributed by atoms with van der Waals surface area (Å²) in [7, 11) is 4.12. The van der Waals surface area contributed by atoms with E-state index in [0.717, 1.165) is 12.0 Å². The van der Waals surface area contributed by atoms with E-state index in [1.54, 1.807) is 18.2 Å². The summed E-state index contributed by atoms with van der Waals surface area (Å²) in [5, 5.41) is 9.53. The normalized spacial score (nSPS) is 15.9. The minimum Gasteiger partial charge on any atom is -0.493 e. The Bertz CT molecular complexity index is 795. The fourth-order valence-electron chi connectivity index (χ4n) is 2.97. The van der Waals surface area contributed by atoms with Gasteiger partial charge in [-0.1, -0.05) is 6.07 Å². The van der Waals surface area contributed by atoms with Gasteiger partial charge in [-0.05, 0) is 31.5 Å². The molecular formula is C18H21NO7. The predicted octanol–water partition coefficient (Wildman–Crippen LogP) is 1.58. The van der Waals surface area contributed by atoms with Crippen LogP contribution in [0.1, 0.15) is 19.4 Å². The molecule has 1 aromatic rings. The molecule has 0 aromatic heterocycles. The monoisotopic (exact) mass is 363 g/mol.